The van der Waals surface area contributed by atoms with Gasteiger partial charge < -0.3 is 14.8 Å². The van der Waals surface area contributed by atoms with Gasteiger partial charge in [-0.2, -0.15) is 0 Å². The molecule has 0 unspecified atom stereocenters. The van der Waals surface area contributed by atoms with Crippen molar-refractivity contribution in [2.75, 3.05) is 14.2 Å². The summed E-state index contributed by atoms with van der Waals surface area (Å²) in [6.07, 6.45) is -1.31. The number of carbonyl (C=O) groups excluding carboxylic acids is 4. The van der Waals surface area contributed by atoms with Crippen LogP contribution in [-0.4, -0.2) is 70.9 Å². The van der Waals surface area contributed by atoms with Gasteiger partial charge in [-0.15, -0.1) is 0 Å². The first kappa shape index (κ1) is 29.6. The zero-order valence-corrected chi connectivity index (χ0v) is 21.5. The van der Waals surface area contributed by atoms with E-state index in [0.29, 0.717) is 6.42 Å². The van der Waals surface area contributed by atoms with E-state index in [9.17, 15) is 19.2 Å². The van der Waals surface area contributed by atoms with Crippen LogP contribution in [0.4, 0.5) is 9.59 Å². The highest BCUT2D eigenvalue weighted by molar-refractivity contribution is 5.93. The fourth-order valence-electron chi connectivity index (χ4n) is 2.55. The van der Waals surface area contributed by atoms with E-state index in [1.165, 1.54) is 14.2 Å². The Balaban J connectivity index is 5.62. The zero-order valence-electron chi connectivity index (χ0n) is 21.5. The molecule has 0 bridgehead atoms. The third kappa shape index (κ3) is 10.3. The minimum absolute atomic E-state index is 0.0658. The second kappa shape index (κ2) is 11.5. The van der Waals surface area contributed by atoms with Crippen LogP contribution in [0.15, 0.2) is 0 Å². The van der Waals surface area contributed by atoms with Gasteiger partial charge in [0.25, 0.3) is 5.91 Å². The molecule has 10 heteroatoms. The molecular formula is C22H41N3O7. The van der Waals surface area contributed by atoms with Crippen LogP contribution in [0.2, 0.25) is 0 Å². The molecule has 0 saturated heterocycles. The van der Waals surface area contributed by atoms with Gasteiger partial charge in [-0.3, -0.25) is 14.4 Å². The van der Waals surface area contributed by atoms with Crippen LogP contribution in [0.5, 0.6) is 0 Å². The number of amides is 4. The maximum absolute atomic E-state index is 13.1. The molecule has 0 aromatic carbocycles. The summed E-state index contributed by atoms with van der Waals surface area (Å²) in [4.78, 5) is 56.7. The van der Waals surface area contributed by atoms with Crippen molar-refractivity contribution in [3.05, 3.63) is 0 Å². The highest BCUT2D eigenvalue weighted by Gasteiger charge is 2.38. The van der Waals surface area contributed by atoms with E-state index in [2.05, 4.69) is 5.32 Å². The topological polar surface area (TPSA) is 114 Å². The maximum Gasteiger partial charge on any atom is 0.417 e. The molecule has 0 spiro atoms. The SMILES string of the molecule is CCC(C)(C)N(C(=O)CC[C@H](NC(=O)OC(C)(C)C)C(=O)N(C)OC)C(=O)OC(C)(C)C. The molecule has 1 atom stereocenters. The van der Waals surface area contributed by atoms with Crippen LogP contribution < -0.4 is 5.32 Å². The predicted molar refractivity (Wildman–Crippen MR) is 120 cm³/mol. The van der Waals surface area contributed by atoms with Crippen molar-refractivity contribution in [1.29, 1.82) is 0 Å². The molecule has 0 aliphatic heterocycles. The fourth-order valence-corrected chi connectivity index (χ4v) is 2.55. The van der Waals surface area contributed by atoms with Crippen LogP contribution in [-0.2, 0) is 23.9 Å². The number of likely N-dealkylation sites (N-methyl/N-ethyl adjacent to an activating group) is 1. The summed E-state index contributed by atoms with van der Waals surface area (Å²) < 4.78 is 10.6. The van der Waals surface area contributed by atoms with Crippen molar-refractivity contribution in [1.82, 2.24) is 15.3 Å². The van der Waals surface area contributed by atoms with E-state index in [-0.39, 0.29) is 12.8 Å². The normalized spacial score (nSPS) is 13.1. The lowest BCUT2D eigenvalue weighted by Crippen LogP contribution is -2.53. The van der Waals surface area contributed by atoms with E-state index in [0.717, 1.165) is 9.96 Å². The van der Waals surface area contributed by atoms with Gasteiger partial charge in [0.2, 0.25) is 5.91 Å². The van der Waals surface area contributed by atoms with Crippen molar-refractivity contribution in [3.8, 4) is 0 Å². The molecule has 0 aliphatic rings. The minimum atomic E-state index is -1.09. The largest absolute Gasteiger partial charge is 0.444 e. The Morgan fingerprint density at radius 2 is 1.41 bits per heavy atom. The van der Waals surface area contributed by atoms with Gasteiger partial charge in [0, 0.05) is 19.0 Å². The monoisotopic (exact) mass is 459 g/mol. The van der Waals surface area contributed by atoms with E-state index in [4.69, 9.17) is 14.3 Å². The van der Waals surface area contributed by atoms with Crippen molar-refractivity contribution in [2.45, 2.75) is 104 Å². The highest BCUT2D eigenvalue weighted by atomic mass is 16.7. The van der Waals surface area contributed by atoms with Crippen LogP contribution in [0.1, 0.15) is 81.6 Å². The van der Waals surface area contributed by atoms with Gasteiger partial charge in [0.1, 0.15) is 17.2 Å². The highest BCUT2D eigenvalue weighted by Crippen LogP contribution is 2.24. The Bertz CT molecular complexity index is 678. The number of hydroxylamine groups is 2. The van der Waals surface area contributed by atoms with Crippen LogP contribution in [0.25, 0.3) is 0 Å². The summed E-state index contributed by atoms with van der Waals surface area (Å²) in [5, 5.41) is 3.44. The molecule has 0 fully saturated rings. The number of nitrogens with zero attached hydrogens (tertiary/aromatic N) is 2. The van der Waals surface area contributed by atoms with Crippen molar-refractivity contribution in [3.63, 3.8) is 0 Å². The molecule has 0 aliphatic carbocycles. The van der Waals surface area contributed by atoms with Gasteiger partial charge in [-0.1, -0.05) is 6.92 Å². The summed E-state index contributed by atoms with van der Waals surface area (Å²) in [7, 11) is 2.70. The number of hydrogen-bond donors (Lipinski definition) is 1. The predicted octanol–water partition coefficient (Wildman–Crippen LogP) is 3.63. The van der Waals surface area contributed by atoms with Crippen LogP contribution in [0, 0.1) is 0 Å². The quantitative estimate of drug-likeness (QED) is 0.551. The third-order valence-corrected chi connectivity index (χ3v) is 4.52. The van der Waals surface area contributed by atoms with Gasteiger partial charge in [0.15, 0.2) is 0 Å². The zero-order chi connectivity index (χ0) is 25.5. The van der Waals surface area contributed by atoms with E-state index >= 15 is 0 Å². The standard InChI is InChI=1S/C22H41N3O7/c1-12-22(8,9)25(19(29)32-21(5,6)7)16(26)14-13-15(17(27)24(10)30-11)23-18(28)31-20(2,3)4/h15H,12-14H2,1-11H3,(H,23,28)/t15-/m0/s1. The Morgan fingerprint density at radius 3 is 1.81 bits per heavy atom. The fraction of sp³-hybridized carbons (Fsp3) is 0.818. The Morgan fingerprint density at radius 1 is 0.906 bits per heavy atom. The molecule has 4 amide bonds. The summed E-state index contributed by atoms with van der Waals surface area (Å²) in [6.45, 7) is 15.6. The molecule has 0 radical (unpaired) electrons. The Kier molecular flexibility index (Phi) is 10.6. The molecular weight excluding hydrogens is 418 g/mol. The van der Waals surface area contributed by atoms with Gasteiger partial charge in [-0.25, -0.2) is 19.6 Å². The molecule has 10 nitrogen and oxygen atoms in total. The summed E-state index contributed by atoms with van der Waals surface area (Å²) in [6, 6.07) is -1.09. The van der Waals surface area contributed by atoms with Gasteiger partial charge in [0.05, 0.1) is 7.11 Å². The number of carbonyl (C=O) groups is 4. The third-order valence-electron chi connectivity index (χ3n) is 4.52. The van der Waals surface area contributed by atoms with Gasteiger partial charge >= 0.3 is 12.2 Å². The first-order valence-electron chi connectivity index (χ1n) is 10.7. The molecule has 32 heavy (non-hydrogen) atoms. The lowest BCUT2D eigenvalue weighted by atomic mass is 9.98. The maximum atomic E-state index is 13.1. The molecule has 0 saturated carbocycles. The number of alkyl carbamates (subject to hydrolysis) is 1. The lowest BCUT2D eigenvalue weighted by molar-refractivity contribution is -0.171. The van der Waals surface area contributed by atoms with Crippen LogP contribution in [0.3, 0.4) is 0 Å². The Labute approximate surface area is 191 Å². The lowest BCUT2D eigenvalue weighted by Gasteiger charge is -2.37. The van der Waals surface area contributed by atoms with Crippen molar-refractivity contribution >= 4 is 24.0 Å². The van der Waals surface area contributed by atoms with E-state index in [1.807, 2.05) is 6.92 Å². The number of ether oxygens (including phenoxy) is 2. The number of imide groups is 1. The second-order valence-corrected chi connectivity index (χ2v) is 10.1. The molecule has 0 aromatic heterocycles. The molecule has 0 aromatic rings. The average molecular weight is 460 g/mol. The molecule has 0 heterocycles. The van der Waals surface area contributed by atoms with E-state index in [1.54, 1.807) is 55.4 Å². The summed E-state index contributed by atoms with van der Waals surface area (Å²) >= 11 is 0. The average Bonchev–Trinajstić information content (AvgIpc) is 2.60. The second-order valence-electron chi connectivity index (χ2n) is 10.1. The van der Waals surface area contributed by atoms with Crippen LogP contribution >= 0.6 is 0 Å². The van der Waals surface area contributed by atoms with Crippen molar-refractivity contribution < 1.29 is 33.5 Å². The minimum Gasteiger partial charge on any atom is -0.444 e. The number of nitrogens with one attached hydrogen (secondary N) is 1. The smallest absolute Gasteiger partial charge is 0.417 e. The summed E-state index contributed by atoms with van der Waals surface area (Å²) in [5.74, 6) is -1.08. The van der Waals surface area contributed by atoms with Crippen molar-refractivity contribution in [2.24, 2.45) is 0 Å². The molecule has 1 N–H and O–H groups in total. The number of hydrogen-bond acceptors (Lipinski definition) is 7. The van der Waals surface area contributed by atoms with E-state index < -0.39 is 46.8 Å². The summed E-state index contributed by atoms with van der Waals surface area (Å²) in [5.41, 5.74) is -2.35. The number of rotatable bonds is 8. The molecule has 0 rings (SSSR count). The first-order chi connectivity index (χ1) is 14.3. The first-order valence-corrected chi connectivity index (χ1v) is 10.7. The van der Waals surface area contributed by atoms with Gasteiger partial charge in [-0.05, 0) is 68.2 Å². The molecule has 186 valence electrons. The Hall–Kier alpha value is -2.36.